The van der Waals surface area contributed by atoms with Crippen LogP contribution in [0.3, 0.4) is 0 Å². The number of nitrogens with one attached hydrogen (secondary N) is 1. The Balaban J connectivity index is 1.47. The Hall–Kier alpha value is -2.66. The highest BCUT2D eigenvalue weighted by molar-refractivity contribution is 6.32. The van der Waals surface area contributed by atoms with Crippen LogP contribution in [0.4, 0.5) is 23.5 Å². The molecule has 0 unspecified atom stereocenters. The number of amides is 1. The molecule has 1 amide bonds. The van der Waals surface area contributed by atoms with E-state index in [-0.39, 0.29) is 34.7 Å². The number of benzene rings is 1. The lowest BCUT2D eigenvalue weighted by atomic mass is 10.2. The summed E-state index contributed by atoms with van der Waals surface area (Å²) in [5.41, 5.74) is -0.822. The van der Waals surface area contributed by atoms with E-state index in [2.05, 4.69) is 20.5 Å². The number of hydrogen-bond donors (Lipinski definition) is 1. The van der Waals surface area contributed by atoms with Crippen LogP contribution in [-0.4, -0.2) is 30.5 Å². The highest BCUT2D eigenvalue weighted by Crippen LogP contribution is 2.46. The van der Waals surface area contributed by atoms with Gasteiger partial charge in [0, 0.05) is 16.5 Å². The number of rotatable bonds is 6. The monoisotopic (exact) mass is 476 g/mol. The smallest absolute Gasteiger partial charge is 0.292 e. The van der Waals surface area contributed by atoms with E-state index in [1.54, 1.807) is 0 Å². The van der Waals surface area contributed by atoms with E-state index in [0.717, 1.165) is 4.68 Å². The molecule has 0 bridgehead atoms. The summed E-state index contributed by atoms with van der Waals surface area (Å²) in [6, 6.07) is 4.25. The van der Waals surface area contributed by atoms with Gasteiger partial charge in [-0.15, -0.1) is 5.10 Å². The van der Waals surface area contributed by atoms with E-state index in [9.17, 15) is 22.4 Å². The van der Waals surface area contributed by atoms with Crippen LogP contribution in [0, 0.1) is 5.82 Å². The van der Waals surface area contributed by atoms with Crippen LogP contribution in [0.25, 0.3) is 0 Å². The zero-order chi connectivity index (χ0) is 22.3. The minimum atomic E-state index is -4.73. The maximum absolute atomic E-state index is 13.9. The van der Waals surface area contributed by atoms with Crippen LogP contribution in [0.5, 0.6) is 0 Å². The van der Waals surface area contributed by atoms with E-state index >= 15 is 0 Å². The number of carbonyl (C=O) groups is 1. The van der Waals surface area contributed by atoms with Crippen molar-refractivity contribution in [1.29, 1.82) is 0 Å². The van der Waals surface area contributed by atoms with Crippen LogP contribution >= 0.6 is 23.2 Å². The van der Waals surface area contributed by atoms with Crippen molar-refractivity contribution >= 4 is 35.1 Å². The van der Waals surface area contributed by atoms with Crippen molar-refractivity contribution in [1.82, 2.24) is 24.5 Å². The van der Waals surface area contributed by atoms with Crippen LogP contribution in [0.2, 0.25) is 10.0 Å². The predicted molar refractivity (Wildman–Crippen MR) is 103 cm³/mol. The van der Waals surface area contributed by atoms with Gasteiger partial charge in [0.25, 0.3) is 0 Å². The van der Waals surface area contributed by atoms with Gasteiger partial charge in [-0.05, 0) is 25.0 Å². The maximum Gasteiger partial charge on any atom is 0.436 e. The minimum Gasteiger partial charge on any atom is -0.292 e. The SMILES string of the molecule is O=C(Cn1nc(C(F)(F)F)c(Cl)c1C1CC1)Nc1ncn(Cc2c(F)cccc2Cl)n1. The molecule has 1 aromatic carbocycles. The average molecular weight is 477 g/mol. The number of aromatic nitrogens is 5. The van der Waals surface area contributed by atoms with Gasteiger partial charge in [-0.1, -0.05) is 29.3 Å². The largest absolute Gasteiger partial charge is 0.436 e. The minimum absolute atomic E-state index is 0.0239. The number of carbonyl (C=O) groups excluding carboxylic acids is 1. The molecule has 164 valence electrons. The lowest BCUT2D eigenvalue weighted by Crippen LogP contribution is -2.22. The number of anilines is 1. The molecule has 0 spiro atoms. The second-order valence-corrected chi connectivity index (χ2v) is 7.78. The van der Waals surface area contributed by atoms with Crippen molar-refractivity contribution < 1.29 is 22.4 Å². The van der Waals surface area contributed by atoms with Gasteiger partial charge in [-0.3, -0.25) is 14.8 Å². The summed E-state index contributed by atoms with van der Waals surface area (Å²) in [6.07, 6.45) is -2.11. The summed E-state index contributed by atoms with van der Waals surface area (Å²) < 4.78 is 55.5. The molecule has 7 nitrogen and oxygen atoms in total. The van der Waals surface area contributed by atoms with E-state index < -0.39 is 35.2 Å². The first-order valence-electron chi connectivity index (χ1n) is 9.09. The molecule has 2 aromatic heterocycles. The van der Waals surface area contributed by atoms with Crippen molar-refractivity contribution in [3.05, 3.63) is 57.3 Å². The molecule has 1 N–H and O–H groups in total. The first-order valence-corrected chi connectivity index (χ1v) is 9.84. The summed E-state index contributed by atoms with van der Waals surface area (Å²) in [5.74, 6) is -1.46. The molecule has 1 aliphatic rings. The molecule has 0 aliphatic heterocycles. The number of alkyl halides is 3. The molecule has 3 aromatic rings. The molecule has 0 radical (unpaired) electrons. The van der Waals surface area contributed by atoms with Crippen molar-refractivity contribution in [2.75, 3.05) is 5.32 Å². The summed E-state index contributed by atoms with van der Waals surface area (Å²) in [4.78, 5) is 16.3. The third-order valence-electron chi connectivity index (χ3n) is 4.63. The zero-order valence-corrected chi connectivity index (χ0v) is 17.1. The summed E-state index contributed by atoms with van der Waals surface area (Å²) in [6.45, 7) is -0.515. The van der Waals surface area contributed by atoms with Gasteiger partial charge in [-0.25, -0.2) is 14.1 Å². The van der Waals surface area contributed by atoms with E-state index in [1.165, 1.54) is 29.2 Å². The third-order valence-corrected chi connectivity index (χ3v) is 5.35. The molecular formula is C18H14Cl2F4N6O. The quantitative estimate of drug-likeness (QED) is 0.531. The fourth-order valence-corrected chi connectivity index (χ4v) is 3.69. The van der Waals surface area contributed by atoms with Crippen molar-refractivity contribution in [2.24, 2.45) is 0 Å². The average Bonchev–Trinajstić information content (AvgIpc) is 3.32. The molecule has 1 aliphatic carbocycles. The fraction of sp³-hybridized carbons (Fsp3) is 0.333. The van der Waals surface area contributed by atoms with Gasteiger partial charge < -0.3 is 0 Å². The molecule has 4 rings (SSSR count). The Bertz CT molecular complexity index is 1120. The predicted octanol–water partition coefficient (Wildman–Crippen LogP) is 4.50. The van der Waals surface area contributed by atoms with Crippen molar-refractivity contribution in [2.45, 2.75) is 38.0 Å². The molecule has 2 heterocycles. The fourth-order valence-electron chi connectivity index (χ4n) is 3.08. The van der Waals surface area contributed by atoms with Gasteiger partial charge in [-0.2, -0.15) is 18.3 Å². The van der Waals surface area contributed by atoms with Crippen molar-refractivity contribution in [3.8, 4) is 0 Å². The Morgan fingerprint density at radius 1 is 1.23 bits per heavy atom. The van der Waals surface area contributed by atoms with Crippen LogP contribution in [0.1, 0.15) is 35.7 Å². The number of nitrogens with zero attached hydrogens (tertiary/aromatic N) is 5. The highest BCUT2D eigenvalue weighted by atomic mass is 35.5. The Morgan fingerprint density at radius 3 is 2.61 bits per heavy atom. The number of halogens is 6. The molecular weight excluding hydrogens is 463 g/mol. The summed E-state index contributed by atoms with van der Waals surface area (Å²) in [7, 11) is 0. The molecule has 1 saturated carbocycles. The topological polar surface area (TPSA) is 77.6 Å². The Kier molecular flexibility index (Phi) is 5.65. The van der Waals surface area contributed by atoms with Gasteiger partial charge in [0.2, 0.25) is 11.9 Å². The third kappa shape index (κ3) is 4.67. The van der Waals surface area contributed by atoms with Gasteiger partial charge >= 0.3 is 6.18 Å². The molecule has 31 heavy (non-hydrogen) atoms. The van der Waals surface area contributed by atoms with E-state index in [4.69, 9.17) is 23.2 Å². The second kappa shape index (κ2) is 8.12. The van der Waals surface area contributed by atoms with Gasteiger partial charge in [0.1, 0.15) is 18.7 Å². The molecule has 0 atom stereocenters. The van der Waals surface area contributed by atoms with E-state index in [1.807, 2.05) is 0 Å². The Labute approximate surface area is 183 Å². The first-order chi connectivity index (χ1) is 14.6. The highest BCUT2D eigenvalue weighted by Gasteiger charge is 2.42. The lowest BCUT2D eigenvalue weighted by molar-refractivity contribution is -0.141. The van der Waals surface area contributed by atoms with Gasteiger partial charge in [0.05, 0.1) is 17.3 Å². The van der Waals surface area contributed by atoms with Crippen LogP contribution < -0.4 is 5.32 Å². The standard InChI is InChI=1S/C18H14Cl2F4N6O/c19-11-2-1-3-12(21)10(11)6-29-8-25-17(28-29)26-13(31)7-30-15(9-4-5-9)14(20)16(27-30)18(22,23)24/h1-3,8-9H,4-7H2,(H,26,28,31). The first kappa shape index (κ1) is 21.6. The normalized spacial score (nSPS) is 14.1. The van der Waals surface area contributed by atoms with Crippen molar-refractivity contribution in [3.63, 3.8) is 0 Å². The van der Waals surface area contributed by atoms with Crippen LogP contribution in [0.15, 0.2) is 24.5 Å². The maximum atomic E-state index is 13.9. The Morgan fingerprint density at radius 2 is 1.97 bits per heavy atom. The molecule has 0 saturated heterocycles. The lowest BCUT2D eigenvalue weighted by Gasteiger charge is -2.07. The summed E-state index contributed by atoms with van der Waals surface area (Å²) >= 11 is 11.9. The van der Waals surface area contributed by atoms with E-state index in [0.29, 0.717) is 12.8 Å². The number of hydrogen-bond acceptors (Lipinski definition) is 4. The second-order valence-electron chi connectivity index (χ2n) is 6.99. The summed E-state index contributed by atoms with van der Waals surface area (Å²) in [5, 5.41) is 9.63. The molecule has 1 fully saturated rings. The van der Waals surface area contributed by atoms with Gasteiger partial charge in [0.15, 0.2) is 5.69 Å². The zero-order valence-electron chi connectivity index (χ0n) is 15.6. The van der Waals surface area contributed by atoms with Crippen LogP contribution in [-0.2, 0) is 24.1 Å². The molecule has 13 heteroatoms.